The summed E-state index contributed by atoms with van der Waals surface area (Å²) in [5, 5.41) is 9.94. The van der Waals surface area contributed by atoms with Crippen LogP contribution in [0.3, 0.4) is 0 Å². The molecule has 3 aromatic rings. The molecule has 0 saturated heterocycles. The standard InChI is InChI=1S/C23H25FN2O7S/c1-14-11-20(15(2)26(14)12-18-5-4-10-32-18)21(28)13-33-23(29)22(16(3)27)25-34(30,31)19-8-6-17(24)7-9-19/h4-11,16,22,25,27H,12-13H2,1-3H3/t16-,22-/m1/s1. The predicted octanol–water partition coefficient (Wildman–Crippen LogP) is 2.34. The van der Waals surface area contributed by atoms with E-state index >= 15 is 0 Å². The predicted molar refractivity (Wildman–Crippen MR) is 119 cm³/mol. The van der Waals surface area contributed by atoms with Crippen molar-refractivity contribution >= 4 is 21.8 Å². The smallest absolute Gasteiger partial charge is 0.327 e. The van der Waals surface area contributed by atoms with Gasteiger partial charge in [0.05, 0.1) is 23.8 Å². The molecule has 2 heterocycles. The minimum absolute atomic E-state index is 0.299. The van der Waals surface area contributed by atoms with Gasteiger partial charge in [0, 0.05) is 17.0 Å². The first kappa shape index (κ1) is 25.3. The molecule has 0 amide bonds. The van der Waals surface area contributed by atoms with Gasteiger partial charge in [-0.3, -0.25) is 9.59 Å². The third-order valence-corrected chi connectivity index (χ3v) is 6.71. The van der Waals surface area contributed by atoms with Crippen LogP contribution < -0.4 is 4.72 Å². The Balaban J connectivity index is 1.68. The molecule has 11 heteroatoms. The highest BCUT2D eigenvalue weighted by atomic mass is 32.2. The number of hydrogen-bond acceptors (Lipinski definition) is 7. The summed E-state index contributed by atoms with van der Waals surface area (Å²) in [7, 11) is -4.27. The zero-order chi connectivity index (χ0) is 25.0. The SMILES string of the molecule is Cc1cc(C(=O)COC(=O)[C@H](NS(=O)(=O)c2ccc(F)cc2)[C@@H](C)O)c(C)n1Cc1ccco1. The van der Waals surface area contributed by atoms with Crippen molar-refractivity contribution in [3.8, 4) is 0 Å². The molecule has 2 N–H and O–H groups in total. The highest BCUT2D eigenvalue weighted by molar-refractivity contribution is 7.89. The van der Waals surface area contributed by atoms with E-state index in [1.165, 1.54) is 6.92 Å². The van der Waals surface area contributed by atoms with Crippen molar-refractivity contribution in [2.75, 3.05) is 6.61 Å². The molecular formula is C23H25FN2O7S. The second-order valence-corrected chi connectivity index (χ2v) is 9.49. The topological polar surface area (TPSA) is 128 Å². The van der Waals surface area contributed by atoms with Crippen LogP contribution >= 0.6 is 0 Å². The fraction of sp³-hybridized carbons (Fsp3) is 0.304. The molecule has 182 valence electrons. The third kappa shape index (κ3) is 5.79. The van der Waals surface area contributed by atoms with Crippen LogP contribution in [-0.2, 0) is 26.1 Å². The number of sulfonamides is 1. The number of carbonyl (C=O) groups is 2. The summed E-state index contributed by atoms with van der Waals surface area (Å²) >= 11 is 0. The lowest BCUT2D eigenvalue weighted by Gasteiger charge is -2.20. The van der Waals surface area contributed by atoms with Gasteiger partial charge in [0.25, 0.3) is 0 Å². The number of aryl methyl sites for hydroxylation is 1. The molecule has 0 fully saturated rings. The van der Waals surface area contributed by atoms with E-state index < -0.39 is 46.3 Å². The lowest BCUT2D eigenvalue weighted by molar-refractivity contribution is -0.147. The Hall–Kier alpha value is -3.28. The molecule has 0 aliphatic heterocycles. The van der Waals surface area contributed by atoms with Crippen molar-refractivity contribution in [2.24, 2.45) is 0 Å². The van der Waals surface area contributed by atoms with Gasteiger partial charge in [-0.05, 0) is 63.2 Å². The number of furan rings is 1. The van der Waals surface area contributed by atoms with Gasteiger partial charge in [-0.15, -0.1) is 0 Å². The average Bonchev–Trinajstić information content (AvgIpc) is 3.39. The van der Waals surface area contributed by atoms with Gasteiger partial charge in [-0.25, -0.2) is 12.8 Å². The van der Waals surface area contributed by atoms with E-state index in [4.69, 9.17) is 9.15 Å². The lowest BCUT2D eigenvalue weighted by atomic mass is 10.1. The summed E-state index contributed by atoms with van der Waals surface area (Å²) in [5.74, 6) is -1.54. The molecular weight excluding hydrogens is 467 g/mol. The molecule has 2 atom stereocenters. The Morgan fingerprint density at radius 2 is 1.88 bits per heavy atom. The van der Waals surface area contributed by atoms with Crippen LogP contribution in [0.1, 0.15) is 34.4 Å². The first-order valence-electron chi connectivity index (χ1n) is 10.3. The number of nitrogens with zero attached hydrogens (tertiary/aromatic N) is 1. The normalized spacial score (nSPS) is 13.4. The molecule has 0 unspecified atom stereocenters. The van der Waals surface area contributed by atoms with Crippen LogP contribution in [0.2, 0.25) is 0 Å². The zero-order valence-corrected chi connectivity index (χ0v) is 19.6. The Morgan fingerprint density at radius 1 is 1.21 bits per heavy atom. The van der Waals surface area contributed by atoms with E-state index in [0.717, 1.165) is 30.0 Å². The number of aliphatic hydroxyl groups is 1. The number of halogens is 1. The lowest BCUT2D eigenvalue weighted by Crippen LogP contribution is -2.48. The molecule has 0 bridgehead atoms. The van der Waals surface area contributed by atoms with Crippen molar-refractivity contribution < 1.29 is 36.7 Å². The minimum Gasteiger partial charge on any atom is -0.467 e. The number of ether oxygens (including phenoxy) is 1. The van der Waals surface area contributed by atoms with Crippen molar-refractivity contribution in [3.63, 3.8) is 0 Å². The number of benzene rings is 1. The van der Waals surface area contributed by atoms with Gasteiger partial charge in [0.2, 0.25) is 15.8 Å². The van der Waals surface area contributed by atoms with Gasteiger partial charge >= 0.3 is 5.97 Å². The van der Waals surface area contributed by atoms with Crippen LogP contribution in [0.15, 0.2) is 58.0 Å². The maximum absolute atomic E-state index is 13.1. The second kappa shape index (κ2) is 10.3. The van der Waals surface area contributed by atoms with Crippen molar-refractivity contribution in [3.05, 3.63) is 77.3 Å². The highest BCUT2D eigenvalue weighted by Crippen LogP contribution is 2.18. The van der Waals surface area contributed by atoms with Crippen LogP contribution in [0.5, 0.6) is 0 Å². The van der Waals surface area contributed by atoms with Crippen molar-refractivity contribution in [1.82, 2.24) is 9.29 Å². The largest absolute Gasteiger partial charge is 0.467 e. The number of aromatic nitrogens is 1. The highest BCUT2D eigenvalue weighted by Gasteiger charge is 2.31. The number of hydrogen-bond donors (Lipinski definition) is 2. The number of aliphatic hydroxyl groups excluding tert-OH is 1. The quantitative estimate of drug-likeness (QED) is 0.328. The minimum atomic E-state index is -4.27. The van der Waals surface area contributed by atoms with Crippen LogP contribution in [0, 0.1) is 19.7 Å². The Bertz CT molecular complexity index is 1260. The monoisotopic (exact) mass is 492 g/mol. The molecule has 9 nitrogen and oxygen atoms in total. The molecule has 2 aromatic heterocycles. The maximum Gasteiger partial charge on any atom is 0.327 e. The number of esters is 1. The molecule has 0 aliphatic carbocycles. The van der Waals surface area contributed by atoms with E-state index in [0.29, 0.717) is 23.6 Å². The molecule has 0 radical (unpaired) electrons. The summed E-state index contributed by atoms with van der Waals surface area (Å²) in [6.45, 7) is 4.55. The van der Waals surface area contributed by atoms with Gasteiger partial charge in [-0.2, -0.15) is 4.72 Å². The van der Waals surface area contributed by atoms with Crippen LogP contribution in [0.4, 0.5) is 4.39 Å². The van der Waals surface area contributed by atoms with E-state index in [2.05, 4.69) is 0 Å². The van der Waals surface area contributed by atoms with Gasteiger partial charge < -0.3 is 18.8 Å². The Labute approximate surface area is 196 Å². The first-order chi connectivity index (χ1) is 16.0. The molecule has 0 aliphatic rings. The number of Topliss-reactive ketones (excluding diaryl/α,β-unsaturated/α-hetero) is 1. The third-order valence-electron chi connectivity index (χ3n) is 5.26. The molecule has 0 spiro atoms. The maximum atomic E-state index is 13.1. The van der Waals surface area contributed by atoms with Gasteiger partial charge in [0.1, 0.15) is 17.6 Å². The van der Waals surface area contributed by atoms with Crippen LogP contribution in [0.25, 0.3) is 0 Å². The molecule has 34 heavy (non-hydrogen) atoms. The summed E-state index contributed by atoms with van der Waals surface area (Å²) in [6, 6.07) is 7.50. The summed E-state index contributed by atoms with van der Waals surface area (Å²) in [4.78, 5) is 24.9. The fourth-order valence-corrected chi connectivity index (χ4v) is 4.64. The summed E-state index contributed by atoms with van der Waals surface area (Å²) in [6.07, 6.45) is 0.0916. The summed E-state index contributed by atoms with van der Waals surface area (Å²) < 4.78 is 52.4. The molecule has 1 aromatic carbocycles. The number of nitrogens with one attached hydrogen (secondary N) is 1. The first-order valence-corrected chi connectivity index (χ1v) is 11.8. The van der Waals surface area contributed by atoms with E-state index in [1.54, 1.807) is 25.3 Å². The fourth-order valence-electron chi connectivity index (χ4n) is 3.38. The van der Waals surface area contributed by atoms with Gasteiger partial charge in [0.15, 0.2) is 6.61 Å². The molecule has 3 rings (SSSR count). The zero-order valence-electron chi connectivity index (χ0n) is 18.8. The number of rotatable bonds is 10. The number of ketones is 1. The van der Waals surface area contributed by atoms with Crippen LogP contribution in [-0.4, -0.2) is 48.6 Å². The Morgan fingerprint density at radius 3 is 2.47 bits per heavy atom. The summed E-state index contributed by atoms with van der Waals surface area (Å²) in [5.41, 5.74) is 1.80. The van der Waals surface area contributed by atoms with E-state index in [9.17, 15) is 27.5 Å². The van der Waals surface area contributed by atoms with Crippen molar-refractivity contribution in [2.45, 2.75) is 44.4 Å². The average molecular weight is 493 g/mol. The molecule has 0 saturated carbocycles. The second-order valence-electron chi connectivity index (χ2n) is 7.77. The number of carbonyl (C=O) groups excluding carboxylic acids is 2. The van der Waals surface area contributed by atoms with Gasteiger partial charge in [-0.1, -0.05) is 0 Å². The van der Waals surface area contributed by atoms with E-state index in [-0.39, 0.29) is 4.90 Å². The van der Waals surface area contributed by atoms with E-state index in [1.807, 2.05) is 22.3 Å². The Kier molecular flexibility index (Phi) is 7.70. The van der Waals surface area contributed by atoms with Crippen molar-refractivity contribution in [1.29, 1.82) is 0 Å².